The molecule has 120 valence electrons. The normalized spacial score (nSPS) is 15.1. The minimum atomic E-state index is -0.223. The Morgan fingerprint density at radius 2 is 1.70 bits per heavy atom. The summed E-state index contributed by atoms with van der Waals surface area (Å²) in [5.74, 6) is 0.683. The molecule has 1 aliphatic rings. The highest BCUT2D eigenvalue weighted by Crippen LogP contribution is 2.45. The molecule has 0 aromatic heterocycles. The van der Waals surface area contributed by atoms with Gasteiger partial charge in [0.05, 0.1) is 17.3 Å². The van der Waals surface area contributed by atoms with Crippen LogP contribution in [0.5, 0.6) is 5.75 Å². The fourth-order valence-corrected chi connectivity index (χ4v) is 2.67. The van der Waals surface area contributed by atoms with E-state index in [1.54, 1.807) is 0 Å². The standard InChI is InChI=1S/C19H22N2O2/c1-14(2)23-17-11-7-6-10-16(17)20-18(22)21-19(12-13-19)15-8-4-3-5-9-15/h3-11,14H,12-13H2,1-2H3,(H2,20,21,22). The first-order valence-corrected chi connectivity index (χ1v) is 7.99. The number of urea groups is 1. The van der Waals surface area contributed by atoms with E-state index >= 15 is 0 Å². The van der Waals surface area contributed by atoms with Crippen molar-refractivity contribution in [1.29, 1.82) is 0 Å². The molecule has 2 N–H and O–H groups in total. The molecule has 2 aromatic rings. The highest BCUT2D eigenvalue weighted by atomic mass is 16.5. The van der Waals surface area contributed by atoms with Gasteiger partial charge in [-0.2, -0.15) is 0 Å². The molecular weight excluding hydrogens is 288 g/mol. The number of ether oxygens (including phenoxy) is 1. The van der Waals surface area contributed by atoms with Crippen LogP contribution in [-0.4, -0.2) is 12.1 Å². The second-order valence-electron chi connectivity index (χ2n) is 6.19. The van der Waals surface area contributed by atoms with Crippen molar-refractivity contribution in [1.82, 2.24) is 5.32 Å². The van der Waals surface area contributed by atoms with E-state index in [1.165, 1.54) is 0 Å². The SMILES string of the molecule is CC(C)Oc1ccccc1NC(=O)NC1(c2ccccc2)CC1. The molecule has 0 spiro atoms. The van der Waals surface area contributed by atoms with E-state index in [1.807, 2.05) is 56.3 Å². The van der Waals surface area contributed by atoms with E-state index in [-0.39, 0.29) is 17.7 Å². The third kappa shape index (κ3) is 3.65. The zero-order chi connectivity index (χ0) is 16.3. The maximum Gasteiger partial charge on any atom is 0.320 e. The highest BCUT2D eigenvalue weighted by Gasteiger charge is 2.45. The number of nitrogens with one attached hydrogen (secondary N) is 2. The maximum atomic E-state index is 12.4. The maximum absolute atomic E-state index is 12.4. The molecule has 0 aliphatic heterocycles. The number of benzene rings is 2. The lowest BCUT2D eigenvalue weighted by Gasteiger charge is -2.20. The van der Waals surface area contributed by atoms with Gasteiger partial charge in [0.1, 0.15) is 5.75 Å². The molecule has 4 heteroatoms. The van der Waals surface area contributed by atoms with Gasteiger partial charge in [0, 0.05) is 0 Å². The van der Waals surface area contributed by atoms with Gasteiger partial charge >= 0.3 is 6.03 Å². The Bertz CT molecular complexity index is 679. The molecular formula is C19H22N2O2. The summed E-state index contributed by atoms with van der Waals surface area (Å²) in [5, 5.41) is 6.01. The number of carbonyl (C=O) groups is 1. The van der Waals surface area contributed by atoms with Crippen molar-refractivity contribution >= 4 is 11.7 Å². The van der Waals surface area contributed by atoms with Gasteiger partial charge in [0.15, 0.2) is 0 Å². The second kappa shape index (κ2) is 6.32. The predicted octanol–water partition coefficient (Wildman–Crippen LogP) is 4.28. The third-order valence-corrected chi connectivity index (χ3v) is 3.93. The molecule has 4 nitrogen and oxygen atoms in total. The molecule has 2 amide bonds. The highest BCUT2D eigenvalue weighted by molar-refractivity contribution is 5.91. The van der Waals surface area contributed by atoms with Gasteiger partial charge in [-0.3, -0.25) is 0 Å². The molecule has 1 aliphatic carbocycles. The minimum Gasteiger partial charge on any atom is -0.489 e. The molecule has 0 saturated heterocycles. The Balaban J connectivity index is 1.69. The van der Waals surface area contributed by atoms with E-state index in [4.69, 9.17) is 4.74 Å². The van der Waals surface area contributed by atoms with Crippen molar-refractivity contribution in [2.45, 2.75) is 38.3 Å². The summed E-state index contributed by atoms with van der Waals surface area (Å²) in [4.78, 5) is 12.4. The largest absolute Gasteiger partial charge is 0.489 e. The topological polar surface area (TPSA) is 50.4 Å². The van der Waals surface area contributed by atoms with Crippen molar-refractivity contribution in [3.8, 4) is 5.75 Å². The van der Waals surface area contributed by atoms with Crippen molar-refractivity contribution in [3.05, 3.63) is 60.2 Å². The van der Waals surface area contributed by atoms with E-state index in [0.29, 0.717) is 11.4 Å². The summed E-state index contributed by atoms with van der Waals surface area (Å²) in [7, 11) is 0. The van der Waals surface area contributed by atoms with E-state index in [9.17, 15) is 4.79 Å². The van der Waals surface area contributed by atoms with Crippen LogP contribution >= 0.6 is 0 Å². The fraction of sp³-hybridized carbons (Fsp3) is 0.316. The number of para-hydroxylation sites is 2. The van der Waals surface area contributed by atoms with Crippen LogP contribution in [0.2, 0.25) is 0 Å². The Labute approximate surface area is 136 Å². The first-order valence-electron chi connectivity index (χ1n) is 7.99. The zero-order valence-corrected chi connectivity index (χ0v) is 13.5. The van der Waals surface area contributed by atoms with Crippen molar-refractivity contribution in [2.24, 2.45) is 0 Å². The van der Waals surface area contributed by atoms with Gasteiger partial charge in [-0.1, -0.05) is 42.5 Å². The zero-order valence-electron chi connectivity index (χ0n) is 13.5. The molecule has 1 fully saturated rings. The number of carbonyl (C=O) groups excluding carboxylic acids is 1. The molecule has 23 heavy (non-hydrogen) atoms. The summed E-state index contributed by atoms with van der Waals surface area (Å²) >= 11 is 0. The fourth-order valence-electron chi connectivity index (χ4n) is 2.67. The first-order chi connectivity index (χ1) is 11.1. The number of hydrogen-bond acceptors (Lipinski definition) is 2. The van der Waals surface area contributed by atoms with Crippen LogP contribution in [0.25, 0.3) is 0 Å². The van der Waals surface area contributed by atoms with Crippen LogP contribution in [0.15, 0.2) is 54.6 Å². The van der Waals surface area contributed by atoms with E-state index in [2.05, 4.69) is 22.8 Å². The molecule has 0 radical (unpaired) electrons. The van der Waals surface area contributed by atoms with Crippen LogP contribution in [0.4, 0.5) is 10.5 Å². The molecule has 3 rings (SSSR count). The monoisotopic (exact) mass is 310 g/mol. The van der Waals surface area contributed by atoms with Gasteiger partial charge in [-0.25, -0.2) is 4.79 Å². The molecule has 1 saturated carbocycles. The average Bonchev–Trinajstić information content (AvgIpc) is 3.30. The van der Waals surface area contributed by atoms with E-state index in [0.717, 1.165) is 18.4 Å². The number of amides is 2. The Morgan fingerprint density at radius 3 is 2.35 bits per heavy atom. The summed E-state index contributed by atoms with van der Waals surface area (Å²) in [6, 6.07) is 17.4. The van der Waals surface area contributed by atoms with Crippen LogP contribution in [-0.2, 0) is 5.54 Å². The van der Waals surface area contributed by atoms with Gasteiger partial charge in [0.25, 0.3) is 0 Å². The number of hydrogen-bond donors (Lipinski definition) is 2. The van der Waals surface area contributed by atoms with Crippen LogP contribution < -0.4 is 15.4 Å². The number of rotatable bonds is 5. The minimum absolute atomic E-state index is 0.0557. The molecule has 0 heterocycles. The lowest BCUT2D eigenvalue weighted by molar-refractivity contribution is 0.240. The van der Waals surface area contributed by atoms with E-state index < -0.39 is 0 Å². The van der Waals surface area contributed by atoms with Crippen molar-refractivity contribution < 1.29 is 9.53 Å². The summed E-state index contributed by atoms with van der Waals surface area (Å²) in [6.45, 7) is 3.93. The molecule has 0 unspecified atom stereocenters. The Hall–Kier alpha value is -2.49. The summed E-state index contributed by atoms with van der Waals surface area (Å²) in [5.41, 5.74) is 1.61. The van der Waals surface area contributed by atoms with Gasteiger partial charge in [-0.05, 0) is 44.4 Å². The predicted molar refractivity (Wildman–Crippen MR) is 91.7 cm³/mol. The number of anilines is 1. The second-order valence-corrected chi connectivity index (χ2v) is 6.19. The molecule has 2 aromatic carbocycles. The van der Waals surface area contributed by atoms with Gasteiger partial charge in [0.2, 0.25) is 0 Å². The van der Waals surface area contributed by atoms with Crippen molar-refractivity contribution in [2.75, 3.05) is 5.32 Å². The molecule has 0 atom stereocenters. The van der Waals surface area contributed by atoms with Crippen LogP contribution in [0.1, 0.15) is 32.3 Å². The van der Waals surface area contributed by atoms with Crippen molar-refractivity contribution in [3.63, 3.8) is 0 Å². The third-order valence-electron chi connectivity index (χ3n) is 3.93. The summed E-state index contributed by atoms with van der Waals surface area (Å²) < 4.78 is 5.73. The van der Waals surface area contributed by atoms with Crippen LogP contribution in [0, 0.1) is 0 Å². The molecule has 0 bridgehead atoms. The lowest BCUT2D eigenvalue weighted by Crippen LogP contribution is -2.38. The Kier molecular flexibility index (Phi) is 4.24. The Morgan fingerprint density at radius 1 is 1.04 bits per heavy atom. The summed E-state index contributed by atoms with van der Waals surface area (Å²) in [6.07, 6.45) is 1.99. The average molecular weight is 310 g/mol. The van der Waals surface area contributed by atoms with Gasteiger partial charge in [-0.15, -0.1) is 0 Å². The lowest BCUT2D eigenvalue weighted by atomic mass is 10.1. The van der Waals surface area contributed by atoms with Crippen LogP contribution in [0.3, 0.4) is 0 Å². The van der Waals surface area contributed by atoms with Gasteiger partial charge < -0.3 is 15.4 Å². The quantitative estimate of drug-likeness (QED) is 0.866. The first kappa shape index (κ1) is 15.4. The smallest absolute Gasteiger partial charge is 0.320 e.